The van der Waals surface area contributed by atoms with Crippen molar-refractivity contribution in [2.75, 3.05) is 27.4 Å². The highest BCUT2D eigenvalue weighted by molar-refractivity contribution is 5.75. The zero-order chi connectivity index (χ0) is 27.8. The monoisotopic (exact) mass is 535 g/mol. The predicted molar refractivity (Wildman–Crippen MR) is 141 cm³/mol. The van der Waals surface area contributed by atoms with Gasteiger partial charge in [-0.15, -0.1) is 0 Å². The lowest BCUT2D eigenvalue weighted by Gasteiger charge is -2.42. The van der Waals surface area contributed by atoms with Gasteiger partial charge in [-0.3, -0.25) is 4.79 Å². The molecule has 206 valence electrons. The van der Waals surface area contributed by atoms with Gasteiger partial charge in [-0.25, -0.2) is 0 Å². The predicted octanol–water partition coefficient (Wildman–Crippen LogP) is 2.72. The van der Waals surface area contributed by atoms with Gasteiger partial charge < -0.3 is 40.0 Å². The third-order valence-electron chi connectivity index (χ3n) is 8.07. The second kappa shape index (κ2) is 10.5. The molecule has 9 heteroatoms. The van der Waals surface area contributed by atoms with Crippen LogP contribution in [0, 0.1) is 29.9 Å². The molecule has 1 saturated carbocycles. The lowest BCUT2D eigenvalue weighted by atomic mass is 9.67. The van der Waals surface area contributed by atoms with Crippen molar-refractivity contribution in [2.45, 2.75) is 36.6 Å². The molecule has 9 nitrogen and oxygen atoms in total. The van der Waals surface area contributed by atoms with E-state index in [0.29, 0.717) is 36.6 Å². The largest absolute Gasteiger partial charge is 0.496 e. The van der Waals surface area contributed by atoms with Crippen LogP contribution in [0.2, 0.25) is 0 Å². The average molecular weight is 536 g/mol. The van der Waals surface area contributed by atoms with Crippen molar-refractivity contribution >= 4 is 5.97 Å². The van der Waals surface area contributed by atoms with Gasteiger partial charge in [-0.05, 0) is 49.9 Å². The molecule has 0 radical (unpaired) electrons. The summed E-state index contributed by atoms with van der Waals surface area (Å²) in [7, 11) is 2.93. The highest BCUT2D eigenvalue weighted by atomic mass is 16.5. The average Bonchev–Trinajstić information content (AvgIpc) is 3.33. The van der Waals surface area contributed by atoms with Crippen LogP contribution in [0.15, 0.2) is 48.6 Å². The van der Waals surface area contributed by atoms with Gasteiger partial charge in [-0.2, -0.15) is 0 Å². The zero-order valence-electron chi connectivity index (χ0n) is 21.9. The Balaban J connectivity index is 1.73. The van der Waals surface area contributed by atoms with Crippen molar-refractivity contribution in [3.8, 4) is 23.0 Å². The fraction of sp³-hybridized carbons (Fsp3) is 0.433. The Kier molecular flexibility index (Phi) is 7.21. The number of aliphatic hydroxyl groups excluding tert-OH is 1. The Labute approximate surface area is 227 Å². The quantitative estimate of drug-likeness (QED) is 0.338. The smallest absolute Gasteiger partial charge is 0.309 e. The van der Waals surface area contributed by atoms with Gasteiger partial charge in [0.25, 0.3) is 0 Å². The molecule has 5 N–H and O–H groups in total. The Morgan fingerprint density at radius 2 is 2.00 bits per heavy atom. The molecule has 0 spiro atoms. The SMILES string of the molecule is COc1c#cc([C@]23Oc4cc(OCCCCN)cc(OC)c4[C@@]2(O)[C@@H](O)[C@@H](C(=O)O)C3C2C=CC=CC2)cc1. The molecule has 1 aliphatic heterocycles. The minimum absolute atomic E-state index is 0.167. The molecule has 1 heterocycles. The Morgan fingerprint density at radius 3 is 2.62 bits per heavy atom. The minimum atomic E-state index is -2.20. The standard InChI is InChI=1S/C30H33NO8/c1-36-20-12-10-19(11-13-20)30-25(18-8-4-3-5-9-18)24(28(33)34)27(32)29(30,35)26-22(37-2)16-21(17-23(26)39-30)38-15-7-6-14-31/h3-5,8,10,12,16-18,24-25,27,32,35H,6-7,9,14-15,31H2,1-2H3,(H,33,34)/t18?,24-,25?,27-,29+,30+/m0/s1. The van der Waals surface area contributed by atoms with Crippen LogP contribution in [0.3, 0.4) is 0 Å². The number of allylic oxidation sites excluding steroid dienone is 4. The molecule has 2 aromatic rings. The first-order chi connectivity index (χ1) is 18.8. The summed E-state index contributed by atoms with van der Waals surface area (Å²) < 4.78 is 23.6. The van der Waals surface area contributed by atoms with Gasteiger partial charge in [0.05, 0.1) is 32.3 Å². The summed E-state index contributed by atoms with van der Waals surface area (Å²) in [5, 5.41) is 34.8. The maximum atomic E-state index is 12.7. The van der Waals surface area contributed by atoms with E-state index in [0.717, 1.165) is 12.8 Å². The highest BCUT2D eigenvalue weighted by Gasteiger charge is 2.79. The van der Waals surface area contributed by atoms with Gasteiger partial charge in [-0.1, -0.05) is 30.4 Å². The van der Waals surface area contributed by atoms with Gasteiger partial charge in [0.2, 0.25) is 0 Å². The van der Waals surface area contributed by atoms with Crippen LogP contribution < -0.4 is 24.7 Å². The van der Waals surface area contributed by atoms with Crippen LogP contribution in [-0.4, -0.2) is 54.8 Å². The summed E-state index contributed by atoms with van der Waals surface area (Å²) in [5.74, 6) is -2.55. The number of aliphatic carboxylic acids is 1. The molecular weight excluding hydrogens is 502 g/mol. The van der Waals surface area contributed by atoms with E-state index in [1.54, 1.807) is 24.3 Å². The van der Waals surface area contributed by atoms with Crippen molar-refractivity contribution < 1.29 is 39.1 Å². The summed E-state index contributed by atoms with van der Waals surface area (Å²) in [5.41, 5.74) is 2.15. The van der Waals surface area contributed by atoms with E-state index in [2.05, 4.69) is 12.1 Å². The number of fused-ring (bicyclic) bond motifs is 3. The number of nitrogens with two attached hydrogens (primary N) is 1. The Bertz CT molecular complexity index is 1270. The molecule has 6 atom stereocenters. The first-order valence-electron chi connectivity index (χ1n) is 13.0. The number of aliphatic hydroxyl groups is 2. The maximum Gasteiger partial charge on any atom is 0.309 e. The molecular formula is C30H33NO8. The minimum Gasteiger partial charge on any atom is -0.496 e. The molecule has 39 heavy (non-hydrogen) atoms. The van der Waals surface area contributed by atoms with E-state index in [-0.39, 0.29) is 23.0 Å². The van der Waals surface area contributed by atoms with Crippen molar-refractivity contribution in [3.63, 3.8) is 0 Å². The zero-order valence-corrected chi connectivity index (χ0v) is 21.9. The summed E-state index contributed by atoms with van der Waals surface area (Å²) in [4.78, 5) is 12.7. The molecule has 1 fully saturated rings. The van der Waals surface area contributed by atoms with Crippen LogP contribution in [0.25, 0.3) is 0 Å². The molecule has 0 aromatic heterocycles. The highest BCUT2D eigenvalue weighted by Crippen LogP contribution is 2.69. The van der Waals surface area contributed by atoms with Crippen molar-refractivity contribution in [2.24, 2.45) is 23.5 Å². The molecule has 0 bridgehead atoms. The maximum absolute atomic E-state index is 12.7. The molecule has 0 saturated heterocycles. The number of rotatable bonds is 10. The molecule has 5 rings (SSSR count). The topological polar surface area (TPSA) is 141 Å². The third-order valence-corrected chi connectivity index (χ3v) is 8.07. The number of ether oxygens (including phenoxy) is 4. The number of unbranched alkanes of at least 4 members (excludes halogenated alkanes) is 1. The Hall–Kier alpha value is -3.71. The van der Waals surface area contributed by atoms with Crippen LogP contribution in [0.1, 0.15) is 30.4 Å². The lowest BCUT2D eigenvalue weighted by molar-refractivity contribution is -0.162. The van der Waals surface area contributed by atoms with Crippen molar-refractivity contribution in [3.05, 3.63) is 71.8 Å². The summed E-state index contributed by atoms with van der Waals surface area (Å²) in [6.45, 7) is 0.973. The van der Waals surface area contributed by atoms with Crippen LogP contribution >= 0.6 is 0 Å². The number of carboxylic acid groups (broad SMARTS) is 1. The van der Waals surface area contributed by atoms with E-state index in [1.165, 1.54) is 14.2 Å². The summed E-state index contributed by atoms with van der Waals surface area (Å²) >= 11 is 0. The van der Waals surface area contributed by atoms with Crippen molar-refractivity contribution in [1.29, 1.82) is 0 Å². The van der Waals surface area contributed by atoms with E-state index in [9.17, 15) is 20.1 Å². The van der Waals surface area contributed by atoms with Gasteiger partial charge in [0.15, 0.2) is 17.0 Å². The van der Waals surface area contributed by atoms with E-state index in [4.69, 9.17) is 24.7 Å². The van der Waals surface area contributed by atoms with Crippen LogP contribution in [0.5, 0.6) is 23.0 Å². The fourth-order valence-corrected chi connectivity index (χ4v) is 6.41. The summed E-state index contributed by atoms with van der Waals surface area (Å²) in [6, 6.07) is 12.5. The first kappa shape index (κ1) is 26.9. The van der Waals surface area contributed by atoms with Gasteiger partial charge in [0, 0.05) is 23.6 Å². The first-order valence-corrected chi connectivity index (χ1v) is 13.0. The van der Waals surface area contributed by atoms with Crippen LogP contribution in [-0.2, 0) is 16.0 Å². The number of hydrogen-bond acceptors (Lipinski definition) is 8. The number of carboxylic acids is 1. The number of hydrogen-bond donors (Lipinski definition) is 4. The Morgan fingerprint density at radius 1 is 1.18 bits per heavy atom. The molecule has 2 aromatic carbocycles. The van der Waals surface area contributed by atoms with E-state index in [1.807, 2.05) is 24.3 Å². The van der Waals surface area contributed by atoms with Crippen molar-refractivity contribution in [1.82, 2.24) is 0 Å². The number of carbonyl (C=O) groups is 1. The lowest BCUT2D eigenvalue weighted by Crippen LogP contribution is -2.53. The van der Waals surface area contributed by atoms with E-state index >= 15 is 0 Å². The molecule has 2 unspecified atom stereocenters. The fourth-order valence-electron chi connectivity index (χ4n) is 6.41. The van der Waals surface area contributed by atoms with Crippen LogP contribution in [0.4, 0.5) is 0 Å². The molecule has 0 amide bonds. The van der Waals surface area contributed by atoms with E-state index < -0.39 is 35.1 Å². The molecule has 2 aliphatic carbocycles. The second-order valence-electron chi connectivity index (χ2n) is 10.1. The number of benzene rings is 1. The summed E-state index contributed by atoms with van der Waals surface area (Å²) in [6.07, 6.45) is 7.87. The third kappa shape index (κ3) is 4.02. The normalized spacial score (nSPS) is 30.2. The number of methoxy groups -OCH3 is 2. The molecule has 3 aliphatic rings. The van der Waals surface area contributed by atoms with Gasteiger partial charge >= 0.3 is 5.97 Å². The second-order valence-corrected chi connectivity index (χ2v) is 10.1. The van der Waals surface area contributed by atoms with Gasteiger partial charge in [0.1, 0.15) is 23.4 Å².